The summed E-state index contributed by atoms with van der Waals surface area (Å²) in [5.41, 5.74) is 0. The fraction of sp³-hybridized carbons (Fsp3) is 0.865. The van der Waals surface area contributed by atoms with Gasteiger partial charge in [0.15, 0.2) is 0 Å². The first-order valence-corrected chi connectivity index (χ1v) is 35.9. The van der Waals surface area contributed by atoms with Crippen molar-refractivity contribution >= 4 is 11.9 Å². The van der Waals surface area contributed by atoms with Crippen LogP contribution in [-0.2, 0) is 14.3 Å². The van der Waals surface area contributed by atoms with Crippen molar-refractivity contribution < 1.29 is 24.5 Å². The lowest BCUT2D eigenvalue weighted by atomic mass is 10.0. The maximum atomic E-state index is 12.5. The minimum Gasteiger partial charge on any atom is -0.466 e. The highest BCUT2D eigenvalue weighted by Crippen LogP contribution is 2.18. The van der Waals surface area contributed by atoms with E-state index in [-0.39, 0.29) is 18.5 Å². The van der Waals surface area contributed by atoms with Crippen molar-refractivity contribution in [3.63, 3.8) is 0 Å². The second-order valence-electron chi connectivity index (χ2n) is 24.6. The molecule has 0 aliphatic heterocycles. The second-order valence-corrected chi connectivity index (χ2v) is 24.6. The number of unbranched alkanes of at least 4 members (excludes halogenated alkanes) is 50. The molecule has 0 aromatic heterocycles. The van der Waals surface area contributed by atoms with Crippen LogP contribution in [0.1, 0.15) is 386 Å². The number of carbonyl (C=O) groups excluding carboxylic acids is 2. The van der Waals surface area contributed by atoms with Gasteiger partial charge in [0.1, 0.15) is 0 Å². The van der Waals surface area contributed by atoms with E-state index in [9.17, 15) is 19.8 Å². The Bertz CT molecular complexity index is 1340. The molecule has 3 N–H and O–H groups in total. The minimum atomic E-state index is -0.846. The quantitative estimate of drug-likeness (QED) is 0.0320. The lowest BCUT2D eigenvalue weighted by Gasteiger charge is -2.20. The second kappa shape index (κ2) is 69.3. The van der Waals surface area contributed by atoms with Crippen LogP contribution in [0.15, 0.2) is 48.6 Å². The van der Waals surface area contributed by atoms with Crippen LogP contribution in [0.3, 0.4) is 0 Å². The Kier molecular flexibility index (Phi) is 67.4. The van der Waals surface area contributed by atoms with Gasteiger partial charge in [0.25, 0.3) is 0 Å². The average Bonchev–Trinajstić information content (AvgIpc) is 3.46. The van der Waals surface area contributed by atoms with Gasteiger partial charge in [0, 0.05) is 12.8 Å². The number of hydrogen-bond donors (Lipinski definition) is 3. The van der Waals surface area contributed by atoms with Gasteiger partial charge in [-0.15, -0.1) is 0 Å². The molecule has 0 aliphatic rings. The summed E-state index contributed by atoms with van der Waals surface area (Å²) >= 11 is 0. The molecule has 0 aliphatic carbocycles. The third kappa shape index (κ3) is 65.0. The van der Waals surface area contributed by atoms with Crippen LogP contribution in [0.4, 0.5) is 0 Å². The predicted molar refractivity (Wildman–Crippen MR) is 352 cm³/mol. The molecule has 1 amide bonds. The Labute approximate surface area is 499 Å². The maximum absolute atomic E-state index is 12.5. The standard InChI is InChI=1S/C74H139NO5/c1-3-5-7-9-11-13-15-17-19-21-35-38-42-46-50-54-58-62-66-72(77)71(70-76)75-73(78)67-63-59-55-51-47-43-39-36-32-30-28-26-24-22-23-25-27-29-31-33-37-41-45-49-53-57-61-65-69-80-74(79)68-64-60-56-52-48-44-40-34-20-18-16-14-12-10-8-6-4-2/h12,14,18,20,22-23,62,66,71-72,76-77H,3-11,13,15-17,19,21,24-61,63-65,67-70H2,1-2H3,(H,75,78)/b14-12-,20-18-,23-22-,66-62+. The van der Waals surface area contributed by atoms with E-state index in [2.05, 4.69) is 55.6 Å². The summed E-state index contributed by atoms with van der Waals surface area (Å²) < 4.78 is 5.50. The highest BCUT2D eigenvalue weighted by Gasteiger charge is 2.18. The molecule has 2 unspecified atom stereocenters. The van der Waals surface area contributed by atoms with E-state index in [1.807, 2.05) is 6.08 Å². The molecule has 0 aromatic rings. The molecule has 0 heterocycles. The number of aliphatic hydroxyl groups is 2. The van der Waals surface area contributed by atoms with Crippen LogP contribution in [0.25, 0.3) is 0 Å². The zero-order valence-corrected chi connectivity index (χ0v) is 53.8. The molecule has 0 rings (SSSR count). The fourth-order valence-electron chi connectivity index (χ4n) is 11.1. The van der Waals surface area contributed by atoms with Crippen LogP contribution in [0.5, 0.6) is 0 Å². The number of carbonyl (C=O) groups is 2. The van der Waals surface area contributed by atoms with E-state index in [0.29, 0.717) is 19.4 Å². The zero-order chi connectivity index (χ0) is 57.8. The molecule has 0 radical (unpaired) electrons. The van der Waals surface area contributed by atoms with E-state index in [1.54, 1.807) is 6.08 Å². The third-order valence-corrected chi connectivity index (χ3v) is 16.6. The van der Waals surface area contributed by atoms with Gasteiger partial charge in [-0.05, 0) is 89.9 Å². The number of allylic oxidation sites excluding steroid dienone is 7. The van der Waals surface area contributed by atoms with Gasteiger partial charge >= 0.3 is 5.97 Å². The van der Waals surface area contributed by atoms with E-state index in [1.165, 1.54) is 308 Å². The molecule has 6 heteroatoms. The highest BCUT2D eigenvalue weighted by molar-refractivity contribution is 5.76. The van der Waals surface area contributed by atoms with E-state index < -0.39 is 12.1 Å². The molecule has 0 fully saturated rings. The number of esters is 1. The Hall–Kier alpha value is -2.18. The number of hydrogen-bond acceptors (Lipinski definition) is 5. The molecular weight excluding hydrogens is 983 g/mol. The van der Waals surface area contributed by atoms with Crippen molar-refractivity contribution in [2.24, 2.45) is 0 Å². The number of aliphatic hydroxyl groups excluding tert-OH is 2. The molecule has 470 valence electrons. The topological polar surface area (TPSA) is 95.9 Å². The minimum absolute atomic E-state index is 0.00789. The van der Waals surface area contributed by atoms with Crippen molar-refractivity contribution in [1.82, 2.24) is 5.32 Å². The maximum Gasteiger partial charge on any atom is 0.305 e. The number of nitrogens with one attached hydrogen (secondary N) is 1. The van der Waals surface area contributed by atoms with Crippen LogP contribution >= 0.6 is 0 Å². The van der Waals surface area contributed by atoms with Crippen molar-refractivity contribution in [3.8, 4) is 0 Å². The normalized spacial score (nSPS) is 12.8. The van der Waals surface area contributed by atoms with Gasteiger partial charge < -0.3 is 20.3 Å². The molecule has 0 aromatic carbocycles. The molecule has 0 saturated carbocycles. The predicted octanol–water partition coefficient (Wildman–Crippen LogP) is 23.3. The molecule has 2 atom stereocenters. The molecule has 6 nitrogen and oxygen atoms in total. The fourth-order valence-corrected chi connectivity index (χ4v) is 11.1. The van der Waals surface area contributed by atoms with Gasteiger partial charge in [0.2, 0.25) is 5.91 Å². The summed E-state index contributed by atoms with van der Waals surface area (Å²) in [5, 5.41) is 23.2. The van der Waals surface area contributed by atoms with Crippen LogP contribution in [0.2, 0.25) is 0 Å². The van der Waals surface area contributed by atoms with Gasteiger partial charge in [-0.25, -0.2) is 0 Å². The van der Waals surface area contributed by atoms with E-state index in [0.717, 1.165) is 51.4 Å². The van der Waals surface area contributed by atoms with E-state index >= 15 is 0 Å². The summed E-state index contributed by atoms with van der Waals surface area (Å²) in [6, 6.07) is -0.629. The monoisotopic (exact) mass is 1120 g/mol. The first-order chi connectivity index (χ1) is 39.5. The largest absolute Gasteiger partial charge is 0.466 e. The van der Waals surface area contributed by atoms with Crippen molar-refractivity contribution in [3.05, 3.63) is 48.6 Å². The average molecular weight is 1120 g/mol. The Morgan fingerprint density at radius 1 is 0.350 bits per heavy atom. The van der Waals surface area contributed by atoms with Gasteiger partial charge in [-0.1, -0.05) is 332 Å². The number of ether oxygens (including phenoxy) is 1. The van der Waals surface area contributed by atoms with Crippen LogP contribution in [-0.4, -0.2) is 47.4 Å². The lowest BCUT2D eigenvalue weighted by molar-refractivity contribution is -0.143. The molecule has 0 spiro atoms. The summed E-state index contributed by atoms with van der Waals surface area (Å²) in [6.07, 6.45) is 90.5. The molecular formula is C74H139NO5. The SMILES string of the molecule is CCCCC/C=C\C/C=C\CCCCCCCCCC(=O)OCCCCCCCCCCCCCC/C=C\CCCCCCCCCCCCCCC(=O)NC(CO)C(O)/C=C/CCCCCCCCCCCCCCCCCC. The molecule has 80 heavy (non-hydrogen) atoms. The first-order valence-electron chi connectivity index (χ1n) is 35.9. The first kappa shape index (κ1) is 77.8. The summed E-state index contributed by atoms with van der Waals surface area (Å²) in [4.78, 5) is 24.6. The van der Waals surface area contributed by atoms with Crippen molar-refractivity contribution in [1.29, 1.82) is 0 Å². The summed E-state index contributed by atoms with van der Waals surface area (Å²) in [5.74, 6) is -0.0574. The number of amides is 1. The van der Waals surface area contributed by atoms with Gasteiger partial charge in [-0.3, -0.25) is 9.59 Å². The van der Waals surface area contributed by atoms with E-state index in [4.69, 9.17) is 4.74 Å². The molecule has 0 bridgehead atoms. The summed E-state index contributed by atoms with van der Waals surface area (Å²) in [7, 11) is 0. The molecule has 0 saturated heterocycles. The van der Waals surface area contributed by atoms with Crippen molar-refractivity contribution in [2.75, 3.05) is 13.2 Å². The zero-order valence-electron chi connectivity index (χ0n) is 53.8. The van der Waals surface area contributed by atoms with Crippen molar-refractivity contribution in [2.45, 2.75) is 398 Å². The summed E-state index contributed by atoms with van der Waals surface area (Å²) in [6.45, 7) is 4.90. The Balaban J connectivity index is 3.40. The van der Waals surface area contributed by atoms with Gasteiger partial charge in [-0.2, -0.15) is 0 Å². The van der Waals surface area contributed by atoms with Gasteiger partial charge in [0.05, 0.1) is 25.4 Å². The Morgan fingerprint density at radius 2 is 0.625 bits per heavy atom. The van der Waals surface area contributed by atoms with Crippen LogP contribution < -0.4 is 5.32 Å². The Morgan fingerprint density at radius 3 is 0.988 bits per heavy atom. The number of rotatable bonds is 67. The smallest absolute Gasteiger partial charge is 0.305 e. The van der Waals surface area contributed by atoms with Crippen LogP contribution in [0, 0.1) is 0 Å². The lowest BCUT2D eigenvalue weighted by Crippen LogP contribution is -2.45. The highest BCUT2D eigenvalue weighted by atomic mass is 16.5. The third-order valence-electron chi connectivity index (χ3n) is 16.6.